The summed E-state index contributed by atoms with van der Waals surface area (Å²) in [4.78, 5) is 11.1. The largest absolute Gasteiger partial charge is 0.495 e. The highest BCUT2D eigenvalue weighted by Crippen LogP contribution is 2.25. The molecule has 0 aromatic heterocycles. The van der Waals surface area contributed by atoms with Gasteiger partial charge in [0.15, 0.2) is 0 Å². The number of hydrogen-bond donors (Lipinski definition) is 2. The second-order valence-electron chi connectivity index (χ2n) is 5.27. The molecule has 122 valence electrons. The third kappa shape index (κ3) is 5.38. The second kappa shape index (κ2) is 8.29. The summed E-state index contributed by atoms with van der Waals surface area (Å²) in [5, 5.41) is 6.06. The molecule has 2 rings (SSSR count). The fraction of sp³-hybridized carbons (Fsp3) is 0.278. The van der Waals surface area contributed by atoms with Gasteiger partial charge in [-0.2, -0.15) is 0 Å². The van der Waals surface area contributed by atoms with E-state index in [1.807, 2.05) is 18.2 Å². The van der Waals surface area contributed by atoms with E-state index in [0.717, 1.165) is 24.1 Å². The van der Waals surface area contributed by atoms with Gasteiger partial charge in [-0.15, -0.1) is 0 Å². The average Bonchev–Trinajstić information content (AvgIpc) is 2.54. The molecule has 0 heterocycles. The maximum atomic E-state index is 12.8. The number of anilines is 1. The van der Waals surface area contributed by atoms with E-state index in [4.69, 9.17) is 4.74 Å². The summed E-state index contributed by atoms with van der Waals surface area (Å²) in [7, 11) is 1.58. The summed E-state index contributed by atoms with van der Waals surface area (Å²) in [5.74, 6) is 0.299. The average molecular weight is 316 g/mol. The Kier molecular flexibility index (Phi) is 6.11. The van der Waals surface area contributed by atoms with Crippen molar-refractivity contribution in [3.8, 4) is 5.75 Å². The molecule has 0 fully saturated rings. The fourth-order valence-electron chi connectivity index (χ4n) is 2.25. The lowest BCUT2D eigenvalue weighted by atomic mass is 10.1. The maximum absolute atomic E-state index is 12.8. The monoisotopic (exact) mass is 316 g/mol. The molecular weight excluding hydrogens is 295 g/mol. The van der Waals surface area contributed by atoms with E-state index in [1.54, 1.807) is 19.2 Å². The minimum Gasteiger partial charge on any atom is -0.495 e. The Balaban J connectivity index is 1.85. The lowest BCUT2D eigenvalue weighted by Gasteiger charge is -2.11. The van der Waals surface area contributed by atoms with Gasteiger partial charge in [0.05, 0.1) is 12.8 Å². The lowest BCUT2D eigenvalue weighted by Crippen LogP contribution is -2.16. The molecular formula is C18H21FN2O2. The quantitative estimate of drug-likeness (QED) is 0.772. The van der Waals surface area contributed by atoms with Gasteiger partial charge in [-0.1, -0.05) is 18.2 Å². The van der Waals surface area contributed by atoms with Crippen molar-refractivity contribution in [3.05, 3.63) is 59.4 Å². The van der Waals surface area contributed by atoms with Gasteiger partial charge in [0, 0.05) is 13.5 Å². The third-order valence-electron chi connectivity index (χ3n) is 3.41. The molecule has 0 saturated carbocycles. The Morgan fingerprint density at radius 3 is 2.48 bits per heavy atom. The Labute approximate surface area is 135 Å². The molecule has 2 aromatic rings. The van der Waals surface area contributed by atoms with Gasteiger partial charge in [0.2, 0.25) is 5.91 Å². The number of rotatable bonds is 7. The number of benzene rings is 2. The van der Waals surface area contributed by atoms with Crippen molar-refractivity contribution in [2.24, 2.45) is 0 Å². The summed E-state index contributed by atoms with van der Waals surface area (Å²) < 4.78 is 18.1. The summed E-state index contributed by atoms with van der Waals surface area (Å²) in [5.41, 5.74) is 2.83. The summed E-state index contributed by atoms with van der Waals surface area (Å²) in [6.45, 7) is 2.95. The minimum atomic E-state index is -0.222. The van der Waals surface area contributed by atoms with Crippen LogP contribution in [-0.2, 0) is 17.8 Å². The van der Waals surface area contributed by atoms with Crippen molar-refractivity contribution in [3.63, 3.8) is 0 Å². The Morgan fingerprint density at radius 2 is 1.83 bits per heavy atom. The topological polar surface area (TPSA) is 50.4 Å². The molecule has 4 nitrogen and oxygen atoms in total. The van der Waals surface area contributed by atoms with Gasteiger partial charge in [-0.3, -0.25) is 4.79 Å². The summed E-state index contributed by atoms with van der Waals surface area (Å²) in [6, 6.07) is 12.2. The number of carbonyl (C=O) groups excluding carboxylic acids is 1. The first-order valence-electron chi connectivity index (χ1n) is 7.48. The van der Waals surface area contributed by atoms with E-state index in [2.05, 4.69) is 10.6 Å². The smallest absolute Gasteiger partial charge is 0.221 e. The standard InChI is InChI=1S/C18H21FN2O2/c1-13(22)21-17-8-5-14(11-18(17)23-2)9-10-20-12-15-3-6-16(19)7-4-15/h3-8,11,20H,9-10,12H2,1-2H3,(H,21,22). The molecule has 1 amide bonds. The molecule has 0 aliphatic carbocycles. The molecule has 0 aliphatic rings. The zero-order chi connectivity index (χ0) is 16.7. The first-order valence-corrected chi connectivity index (χ1v) is 7.48. The Morgan fingerprint density at radius 1 is 1.13 bits per heavy atom. The van der Waals surface area contributed by atoms with Crippen LogP contribution < -0.4 is 15.4 Å². The van der Waals surface area contributed by atoms with Crippen molar-refractivity contribution in [1.82, 2.24) is 5.32 Å². The molecule has 0 spiro atoms. The van der Waals surface area contributed by atoms with Crippen molar-refractivity contribution < 1.29 is 13.9 Å². The second-order valence-corrected chi connectivity index (χ2v) is 5.27. The summed E-state index contributed by atoms with van der Waals surface area (Å²) >= 11 is 0. The van der Waals surface area contributed by atoms with E-state index in [0.29, 0.717) is 18.0 Å². The molecule has 0 unspecified atom stereocenters. The molecule has 0 aliphatic heterocycles. The highest BCUT2D eigenvalue weighted by atomic mass is 19.1. The summed E-state index contributed by atoms with van der Waals surface area (Å²) in [6.07, 6.45) is 0.831. The Hall–Kier alpha value is -2.40. The number of ether oxygens (including phenoxy) is 1. The normalized spacial score (nSPS) is 10.4. The van der Waals surface area contributed by atoms with Gasteiger partial charge >= 0.3 is 0 Å². The molecule has 0 saturated heterocycles. The highest BCUT2D eigenvalue weighted by molar-refractivity contribution is 5.90. The van der Waals surface area contributed by atoms with Crippen molar-refractivity contribution in [2.75, 3.05) is 19.0 Å². The van der Waals surface area contributed by atoms with Gasteiger partial charge < -0.3 is 15.4 Å². The lowest BCUT2D eigenvalue weighted by molar-refractivity contribution is -0.114. The molecule has 0 radical (unpaired) electrons. The predicted octanol–water partition coefficient (Wildman–Crippen LogP) is 3.13. The first kappa shape index (κ1) is 17.0. The highest BCUT2D eigenvalue weighted by Gasteiger charge is 2.05. The van der Waals surface area contributed by atoms with Crippen LogP contribution in [0.4, 0.5) is 10.1 Å². The van der Waals surface area contributed by atoms with Gasteiger partial charge in [0.25, 0.3) is 0 Å². The van der Waals surface area contributed by atoms with Crippen molar-refractivity contribution in [1.29, 1.82) is 0 Å². The minimum absolute atomic E-state index is 0.128. The fourth-order valence-corrected chi connectivity index (χ4v) is 2.25. The van der Waals surface area contributed by atoms with Gasteiger partial charge in [-0.05, 0) is 48.4 Å². The molecule has 2 N–H and O–H groups in total. The van der Waals surface area contributed by atoms with Crippen LogP contribution >= 0.6 is 0 Å². The van der Waals surface area contributed by atoms with E-state index in [-0.39, 0.29) is 11.7 Å². The maximum Gasteiger partial charge on any atom is 0.221 e. The number of methoxy groups -OCH3 is 1. The van der Waals surface area contributed by atoms with Crippen molar-refractivity contribution >= 4 is 11.6 Å². The molecule has 23 heavy (non-hydrogen) atoms. The number of nitrogens with one attached hydrogen (secondary N) is 2. The SMILES string of the molecule is COc1cc(CCNCc2ccc(F)cc2)ccc1NC(C)=O. The van der Waals surface area contributed by atoms with Crippen LogP contribution in [-0.4, -0.2) is 19.6 Å². The number of halogens is 1. The van der Waals surface area contributed by atoms with Crippen LogP contribution in [0.3, 0.4) is 0 Å². The molecule has 5 heteroatoms. The zero-order valence-corrected chi connectivity index (χ0v) is 13.4. The molecule has 2 aromatic carbocycles. The third-order valence-corrected chi connectivity index (χ3v) is 3.41. The van der Waals surface area contributed by atoms with E-state index in [1.165, 1.54) is 19.1 Å². The van der Waals surface area contributed by atoms with Crippen LogP contribution in [0.2, 0.25) is 0 Å². The molecule has 0 bridgehead atoms. The van der Waals surface area contributed by atoms with E-state index >= 15 is 0 Å². The number of carbonyl (C=O) groups is 1. The predicted molar refractivity (Wildman–Crippen MR) is 89.1 cm³/mol. The van der Waals surface area contributed by atoms with Crippen LogP contribution in [0.15, 0.2) is 42.5 Å². The van der Waals surface area contributed by atoms with Crippen LogP contribution in [0.5, 0.6) is 5.75 Å². The Bertz CT molecular complexity index is 657. The zero-order valence-electron chi connectivity index (χ0n) is 13.4. The van der Waals surface area contributed by atoms with Crippen LogP contribution in [0.25, 0.3) is 0 Å². The van der Waals surface area contributed by atoms with E-state index in [9.17, 15) is 9.18 Å². The van der Waals surface area contributed by atoms with Gasteiger partial charge in [-0.25, -0.2) is 4.39 Å². The van der Waals surface area contributed by atoms with E-state index < -0.39 is 0 Å². The first-order chi connectivity index (χ1) is 11.1. The van der Waals surface area contributed by atoms with Crippen molar-refractivity contribution in [2.45, 2.75) is 19.9 Å². The number of amides is 1. The van der Waals surface area contributed by atoms with Crippen LogP contribution in [0.1, 0.15) is 18.1 Å². The molecule has 0 atom stereocenters. The van der Waals surface area contributed by atoms with Gasteiger partial charge in [0.1, 0.15) is 11.6 Å². The number of hydrogen-bond acceptors (Lipinski definition) is 3. The van der Waals surface area contributed by atoms with Crippen LogP contribution in [0, 0.1) is 5.82 Å².